The van der Waals surface area contributed by atoms with E-state index in [1.54, 1.807) is 0 Å². The molecular formula is C10H11N. The largest absolute Gasteiger partial charge is 0.257 e. The second-order valence-electron chi connectivity index (χ2n) is 3.03. The average Bonchev–Trinajstić information content (AvgIpc) is 2.30. The maximum absolute atomic E-state index is 4.45. The summed E-state index contributed by atoms with van der Waals surface area (Å²) in [5.74, 6) is 0.520. The van der Waals surface area contributed by atoms with Gasteiger partial charge in [-0.15, -0.1) is 0 Å². The van der Waals surface area contributed by atoms with Gasteiger partial charge in [-0.05, 0) is 18.6 Å². The zero-order valence-corrected chi connectivity index (χ0v) is 6.83. The van der Waals surface area contributed by atoms with Crippen molar-refractivity contribution in [3.63, 3.8) is 0 Å². The number of aliphatic imine (C=N–C) groups is 1. The number of hydrogen-bond donors (Lipinski definition) is 0. The van der Waals surface area contributed by atoms with Crippen LogP contribution in [0.15, 0.2) is 29.3 Å². The molecule has 1 heterocycles. The van der Waals surface area contributed by atoms with E-state index in [0.717, 1.165) is 5.69 Å². The number of rotatable bonds is 0. The van der Waals surface area contributed by atoms with E-state index < -0.39 is 0 Å². The van der Waals surface area contributed by atoms with Gasteiger partial charge in [-0.2, -0.15) is 0 Å². The Hall–Kier alpha value is -1.11. The number of para-hydroxylation sites is 1. The minimum atomic E-state index is 0.520. The minimum absolute atomic E-state index is 0.520. The molecule has 0 aromatic heterocycles. The lowest BCUT2D eigenvalue weighted by molar-refractivity contribution is 1.05. The smallest absolute Gasteiger partial charge is 0.0667 e. The van der Waals surface area contributed by atoms with E-state index in [-0.39, 0.29) is 0 Å². The lowest BCUT2D eigenvalue weighted by Gasteiger charge is -2.02. The summed E-state index contributed by atoms with van der Waals surface area (Å²) in [6.07, 6.45) is 0. The number of hydrogen-bond acceptors (Lipinski definition) is 1. The molecule has 0 saturated heterocycles. The van der Waals surface area contributed by atoms with E-state index in [4.69, 9.17) is 0 Å². The Bertz CT molecular complexity index is 312. The SMILES string of the molecule is CC1=Nc2ccccc2C1C. The summed E-state index contributed by atoms with van der Waals surface area (Å²) < 4.78 is 0. The summed E-state index contributed by atoms with van der Waals surface area (Å²) in [5.41, 5.74) is 3.74. The maximum Gasteiger partial charge on any atom is 0.0667 e. The van der Waals surface area contributed by atoms with Gasteiger partial charge in [-0.3, -0.25) is 4.99 Å². The molecule has 1 aliphatic heterocycles. The number of nitrogens with zero attached hydrogens (tertiary/aromatic N) is 1. The molecule has 1 atom stereocenters. The highest BCUT2D eigenvalue weighted by molar-refractivity contribution is 5.95. The maximum atomic E-state index is 4.45. The van der Waals surface area contributed by atoms with Gasteiger partial charge in [-0.1, -0.05) is 25.1 Å². The Balaban J connectivity index is 2.58. The fraction of sp³-hybridized carbons (Fsp3) is 0.300. The summed E-state index contributed by atoms with van der Waals surface area (Å²) in [4.78, 5) is 4.45. The molecule has 0 saturated carbocycles. The quantitative estimate of drug-likeness (QED) is 0.532. The Labute approximate surface area is 66.8 Å². The molecule has 11 heavy (non-hydrogen) atoms. The van der Waals surface area contributed by atoms with Crippen LogP contribution in [0.2, 0.25) is 0 Å². The molecule has 1 aromatic rings. The third kappa shape index (κ3) is 0.881. The van der Waals surface area contributed by atoms with E-state index in [1.807, 2.05) is 6.07 Å². The summed E-state index contributed by atoms with van der Waals surface area (Å²) in [6.45, 7) is 4.29. The molecule has 1 heteroatoms. The Morgan fingerprint density at radius 1 is 1.27 bits per heavy atom. The first kappa shape index (κ1) is 6.59. The highest BCUT2D eigenvalue weighted by Crippen LogP contribution is 2.34. The fourth-order valence-corrected chi connectivity index (χ4v) is 1.47. The van der Waals surface area contributed by atoms with Crippen molar-refractivity contribution in [1.29, 1.82) is 0 Å². The molecule has 1 nitrogen and oxygen atoms in total. The van der Waals surface area contributed by atoms with Crippen molar-refractivity contribution in [2.75, 3.05) is 0 Å². The van der Waals surface area contributed by atoms with Crippen LogP contribution < -0.4 is 0 Å². The predicted molar refractivity (Wildman–Crippen MR) is 47.6 cm³/mol. The molecule has 0 radical (unpaired) electrons. The van der Waals surface area contributed by atoms with Gasteiger partial charge in [0.2, 0.25) is 0 Å². The first-order valence-electron chi connectivity index (χ1n) is 3.93. The van der Waals surface area contributed by atoms with Crippen molar-refractivity contribution in [3.05, 3.63) is 29.8 Å². The van der Waals surface area contributed by atoms with Crippen molar-refractivity contribution in [2.24, 2.45) is 4.99 Å². The first-order valence-corrected chi connectivity index (χ1v) is 3.93. The normalized spacial score (nSPS) is 21.3. The third-order valence-corrected chi connectivity index (χ3v) is 2.33. The number of benzene rings is 1. The summed E-state index contributed by atoms with van der Waals surface area (Å²) in [6, 6.07) is 8.33. The molecule has 56 valence electrons. The summed E-state index contributed by atoms with van der Waals surface area (Å²) in [5, 5.41) is 0. The molecule has 1 unspecified atom stereocenters. The van der Waals surface area contributed by atoms with E-state index in [1.165, 1.54) is 11.3 Å². The standard InChI is InChI=1S/C10H11N/c1-7-8(2)11-10-6-4-3-5-9(7)10/h3-7H,1-2H3. The van der Waals surface area contributed by atoms with E-state index in [9.17, 15) is 0 Å². The molecule has 1 aromatic carbocycles. The molecule has 0 N–H and O–H groups in total. The molecular weight excluding hydrogens is 134 g/mol. The van der Waals surface area contributed by atoms with Crippen LogP contribution >= 0.6 is 0 Å². The lowest BCUT2D eigenvalue weighted by atomic mass is 9.99. The van der Waals surface area contributed by atoms with Crippen molar-refractivity contribution in [2.45, 2.75) is 19.8 Å². The van der Waals surface area contributed by atoms with Crippen LogP contribution in [0.25, 0.3) is 0 Å². The van der Waals surface area contributed by atoms with Gasteiger partial charge in [0.15, 0.2) is 0 Å². The highest BCUT2D eigenvalue weighted by Gasteiger charge is 2.18. The van der Waals surface area contributed by atoms with Crippen LogP contribution in [0.4, 0.5) is 5.69 Å². The van der Waals surface area contributed by atoms with Gasteiger partial charge in [0.1, 0.15) is 0 Å². The van der Waals surface area contributed by atoms with Gasteiger partial charge in [0.25, 0.3) is 0 Å². The second-order valence-corrected chi connectivity index (χ2v) is 3.03. The van der Waals surface area contributed by atoms with E-state index in [2.05, 4.69) is 37.0 Å². The van der Waals surface area contributed by atoms with Crippen LogP contribution in [-0.2, 0) is 0 Å². The monoisotopic (exact) mass is 145 g/mol. The Morgan fingerprint density at radius 2 is 2.00 bits per heavy atom. The predicted octanol–water partition coefficient (Wildman–Crippen LogP) is 2.90. The van der Waals surface area contributed by atoms with E-state index in [0.29, 0.717) is 5.92 Å². The van der Waals surface area contributed by atoms with Gasteiger partial charge in [-0.25, -0.2) is 0 Å². The summed E-state index contributed by atoms with van der Waals surface area (Å²) in [7, 11) is 0. The van der Waals surface area contributed by atoms with Crippen molar-refractivity contribution in [3.8, 4) is 0 Å². The zero-order valence-electron chi connectivity index (χ0n) is 6.83. The number of fused-ring (bicyclic) bond motifs is 1. The Kier molecular flexibility index (Phi) is 1.31. The molecule has 2 rings (SSSR count). The fourth-order valence-electron chi connectivity index (χ4n) is 1.47. The van der Waals surface area contributed by atoms with Crippen LogP contribution in [0.5, 0.6) is 0 Å². The molecule has 0 spiro atoms. The van der Waals surface area contributed by atoms with Gasteiger partial charge >= 0.3 is 0 Å². The highest BCUT2D eigenvalue weighted by atomic mass is 14.8. The first-order chi connectivity index (χ1) is 5.29. The van der Waals surface area contributed by atoms with Crippen LogP contribution in [0, 0.1) is 0 Å². The van der Waals surface area contributed by atoms with Crippen LogP contribution in [0.3, 0.4) is 0 Å². The van der Waals surface area contributed by atoms with Crippen LogP contribution in [-0.4, -0.2) is 5.71 Å². The van der Waals surface area contributed by atoms with Crippen molar-refractivity contribution >= 4 is 11.4 Å². The molecule has 0 amide bonds. The second kappa shape index (κ2) is 2.19. The lowest BCUT2D eigenvalue weighted by Crippen LogP contribution is -1.97. The van der Waals surface area contributed by atoms with Gasteiger partial charge in [0.05, 0.1) is 5.69 Å². The molecule has 1 aliphatic rings. The average molecular weight is 145 g/mol. The third-order valence-electron chi connectivity index (χ3n) is 2.33. The van der Waals surface area contributed by atoms with Crippen molar-refractivity contribution < 1.29 is 0 Å². The molecule has 0 aliphatic carbocycles. The zero-order chi connectivity index (χ0) is 7.84. The van der Waals surface area contributed by atoms with E-state index >= 15 is 0 Å². The Morgan fingerprint density at radius 3 is 2.73 bits per heavy atom. The summed E-state index contributed by atoms with van der Waals surface area (Å²) >= 11 is 0. The minimum Gasteiger partial charge on any atom is -0.257 e. The van der Waals surface area contributed by atoms with Gasteiger partial charge < -0.3 is 0 Å². The topological polar surface area (TPSA) is 12.4 Å². The van der Waals surface area contributed by atoms with Gasteiger partial charge in [0, 0.05) is 11.6 Å². The molecule has 0 fully saturated rings. The van der Waals surface area contributed by atoms with Crippen molar-refractivity contribution in [1.82, 2.24) is 0 Å². The van der Waals surface area contributed by atoms with Crippen LogP contribution in [0.1, 0.15) is 25.3 Å². The molecule has 0 bridgehead atoms.